The number of anilines is 1. The van der Waals surface area contributed by atoms with Gasteiger partial charge in [0.1, 0.15) is 0 Å². The minimum atomic E-state index is -0.394. The fraction of sp³-hybridized carbons (Fsp3) is 0.143. The Morgan fingerprint density at radius 1 is 1.25 bits per heavy atom. The summed E-state index contributed by atoms with van der Waals surface area (Å²) in [5.41, 5.74) is 2.07. The Morgan fingerprint density at radius 3 is 2.45 bits per heavy atom. The van der Waals surface area contributed by atoms with Gasteiger partial charge >= 0.3 is 0 Å². The van der Waals surface area contributed by atoms with Crippen LogP contribution in [0.2, 0.25) is 5.02 Å². The lowest BCUT2D eigenvalue weighted by molar-refractivity contribution is -0.384. The number of halogens is 2. The third kappa shape index (κ3) is 3.61. The fourth-order valence-electron chi connectivity index (χ4n) is 1.80. The van der Waals surface area contributed by atoms with Gasteiger partial charge in [-0.1, -0.05) is 23.7 Å². The second-order valence-corrected chi connectivity index (χ2v) is 5.94. The molecule has 0 amide bonds. The molecule has 20 heavy (non-hydrogen) atoms. The third-order valence-corrected chi connectivity index (χ3v) is 4.05. The van der Waals surface area contributed by atoms with Crippen molar-refractivity contribution < 1.29 is 4.92 Å². The quantitative estimate of drug-likeness (QED) is 0.443. The van der Waals surface area contributed by atoms with Gasteiger partial charge < -0.3 is 5.32 Å². The molecule has 4 nitrogen and oxygen atoms in total. The highest BCUT2D eigenvalue weighted by molar-refractivity contribution is 14.1. The first kappa shape index (κ1) is 15.1. The molecule has 0 aliphatic carbocycles. The average Bonchev–Trinajstić information content (AvgIpc) is 2.41. The molecule has 0 bridgehead atoms. The summed E-state index contributed by atoms with van der Waals surface area (Å²) < 4.78 is 0.817. The number of nitro groups is 1. The molecule has 2 aromatic rings. The highest BCUT2D eigenvalue weighted by Gasteiger charge is 2.11. The van der Waals surface area contributed by atoms with Gasteiger partial charge in [-0.15, -0.1) is 0 Å². The van der Waals surface area contributed by atoms with Crippen molar-refractivity contribution in [2.75, 3.05) is 5.32 Å². The number of nitro benzene ring substituents is 1. The molecule has 2 aromatic carbocycles. The number of rotatable bonds is 4. The summed E-state index contributed by atoms with van der Waals surface area (Å²) in [6.07, 6.45) is 0. The van der Waals surface area contributed by atoms with E-state index in [4.69, 9.17) is 11.6 Å². The Hall–Kier alpha value is -1.34. The highest BCUT2D eigenvalue weighted by Crippen LogP contribution is 2.27. The zero-order valence-electron chi connectivity index (χ0n) is 10.6. The van der Waals surface area contributed by atoms with Gasteiger partial charge in [0.2, 0.25) is 0 Å². The second kappa shape index (κ2) is 6.41. The highest BCUT2D eigenvalue weighted by atomic mass is 127. The van der Waals surface area contributed by atoms with Gasteiger partial charge in [0.15, 0.2) is 0 Å². The summed E-state index contributed by atoms with van der Waals surface area (Å²) in [6.45, 7) is 2.03. The first-order valence-electron chi connectivity index (χ1n) is 5.93. The fourth-order valence-corrected chi connectivity index (χ4v) is 2.58. The standard InChI is InChI=1S/C14H12ClIN2O2/c1-9(10-2-4-11(15)5-3-10)17-14-7-6-12(18(19)20)8-13(14)16/h2-9,17H,1H3. The van der Waals surface area contributed by atoms with E-state index in [1.807, 2.05) is 31.2 Å². The Morgan fingerprint density at radius 2 is 1.90 bits per heavy atom. The normalized spacial score (nSPS) is 11.9. The molecule has 0 fully saturated rings. The van der Waals surface area contributed by atoms with Gasteiger partial charge in [-0.25, -0.2) is 0 Å². The number of benzene rings is 2. The van der Waals surface area contributed by atoms with E-state index in [9.17, 15) is 10.1 Å². The summed E-state index contributed by atoms with van der Waals surface area (Å²) in [6, 6.07) is 12.5. The van der Waals surface area contributed by atoms with Crippen molar-refractivity contribution in [1.29, 1.82) is 0 Å². The van der Waals surface area contributed by atoms with E-state index in [0.29, 0.717) is 5.02 Å². The molecule has 0 saturated heterocycles. The molecule has 0 saturated carbocycles. The van der Waals surface area contributed by atoms with Crippen LogP contribution in [-0.4, -0.2) is 4.92 Å². The molecule has 0 radical (unpaired) electrons. The zero-order valence-corrected chi connectivity index (χ0v) is 13.6. The minimum Gasteiger partial charge on any atom is -0.378 e. The number of hydrogen-bond acceptors (Lipinski definition) is 3. The summed E-state index contributed by atoms with van der Waals surface area (Å²) >= 11 is 7.95. The van der Waals surface area contributed by atoms with Crippen LogP contribution in [0.25, 0.3) is 0 Å². The average molecular weight is 403 g/mol. The van der Waals surface area contributed by atoms with Crippen LogP contribution in [0.5, 0.6) is 0 Å². The number of nitrogens with one attached hydrogen (secondary N) is 1. The van der Waals surface area contributed by atoms with Crippen LogP contribution in [0, 0.1) is 13.7 Å². The summed E-state index contributed by atoms with van der Waals surface area (Å²) in [5.74, 6) is 0. The first-order chi connectivity index (χ1) is 9.47. The van der Waals surface area contributed by atoms with Crippen molar-refractivity contribution in [2.45, 2.75) is 13.0 Å². The van der Waals surface area contributed by atoms with Crippen molar-refractivity contribution in [1.82, 2.24) is 0 Å². The van der Waals surface area contributed by atoms with Gasteiger partial charge in [0.05, 0.1) is 4.92 Å². The second-order valence-electron chi connectivity index (χ2n) is 4.34. The van der Waals surface area contributed by atoms with Gasteiger partial charge in [0, 0.05) is 32.5 Å². The van der Waals surface area contributed by atoms with Crippen molar-refractivity contribution in [3.8, 4) is 0 Å². The minimum absolute atomic E-state index is 0.0854. The molecule has 0 heterocycles. The molecule has 104 valence electrons. The van der Waals surface area contributed by atoms with Crippen LogP contribution in [0.3, 0.4) is 0 Å². The van der Waals surface area contributed by atoms with E-state index in [0.717, 1.165) is 14.8 Å². The molecular formula is C14H12ClIN2O2. The molecule has 0 aliphatic rings. The topological polar surface area (TPSA) is 55.2 Å². The molecule has 1 atom stereocenters. The maximum absolute atomic E-state index is 10.7. The van der Waals surface area contributed by atoms with Gasteiger partial charge in [-0.2, -0.15) is 0 Å². The van der Waals surface area contributed by atoms with Gasteiger partial charge in [-0.05, 0) is 53.3 Å². The first-order valence-corrected chi connectivity index (χ1v) is 7.39. The molecule has 0 aromatic heterocycles. The van der Waals surface area contributed by atoms with E-state index in [1.165, 1.54) is 6.07 Å². The maximum atomic E-state index is 10.7. The largest absolute Gasteiger partial charge is 0.378 e. The van der Waals surface area contributed by atoms with E-state index >= 15 is 0 Å². The van der Waals surface area contributed by atoms with E-state index in [2.05, 4.69) is 27.9 Å². The van der Waals surface area contributed by atoms with Crippen molar-refractivity contribution in [3.05, 3.63) is 66.7 Å². The van der Waals surface area contributed by atoms with Gasteiger partial charge in [-0.3, -0.25) is 10.1 Å². The summed E-state index contributed by atoms with van der Waals surface area (Å²) in [4.78, 5) is 10.3. The predicted molar refractivity (Wildman–Crippen MR) is 89.3 cm³/mol. The number of nitrogens with zero attached hydrogens (tertiary/aromatic N) is 1. The van der Waals surface area contributed by atoms with Crippen LogP contribution in [0.1, 0.15) is 18.5 Å². The monoisotopic (exact) mass is 402 g/mol. The summed E-state index contributed by atoms with van der Waals surface area (Å²) in [7, 11) is 0. The lowest BCUT2D eigenvalue weighted by atomic mass is 10.1. The van der Waals surface area contributed by atoms with Crippen molar-refractivity contribution in [2.24, 2.45) is 0 Å². The van der Waals surface area contributed by atoms with E-state index < -0.39 is 4.92 Å². The molecule has 6 heteroatoms. The third-order valence-electron chi connectivity index (χ3n) is 2.91. The Balaban J connectivity index is 2.17. The Kier molecular flexibility index (Phi) is 4.82. The lowest BCUT2D eigenvalue weighted by Gasteiger charge is -2.17. The molecule has 0 spiro atoms. The van der Waals surface area contributed by atoms with Crippen LogP contribution in [0.4, 0.5) is 11.4 Å². The van der Waals surface area contributed by atoms with Crippen LogP contribution in [0.15, 0.2) is 42.5 Å². The number of hydrogen-bond donors (Lipinski definition) is 1. The SMILES string of the molecule is CC(Nc1ccc([N+](=O)[O-])cc1I)c1ccc(Cl)cc1. The molecule has 2 rings (SSSR count). The van der Waals surface area contributed by atoms with Gasteiger partial charge in [0.25, 0.3) is 5.69 Å². The van der Waals surface area contributed by atoms with E-state index in [-0.39, 0.29) is 11.7 Å². The molecular weight excluding hydrogens is 391 g/mol. The number of non-ortho nitro benzene ring substituents is 1. The van der Waals surface area contributed by atoms with Crippen LogP contribution >= 0.6 is 34.2 Å². The zero-order chi connectivity index (χ0) is 14.7. The predicted octanol–water partition coefficient (Wildman–Crippen LogP) is 5.03. The Bertz CT molecular complexity index is 632. The smallest absolute Gasteiger partial charge is 0.270 e. The molecule has 1 N–H and O–H groups in total. The van der Waals surface area contributed by atoms with E-state index in [1.54, 1.807) is 12.1 Å². The summed E-state index contributed by atoms with van der Waals surface area (Å²) in [5, 5.41) is 14.7. The Labute approximate surface area is 135 Å². The van der Waals surface area contributed by atoms with Crippen molar-refractivity contribution in [3.63, 3.8) is 0 Å². The lowest BCUT2D eigenvalue weighted by Crippen LogP contribution is -2.07. The van der Waals surface area contributed by atoms with Crippen LogP contribution in [-0.2, 0) is 0 Å². The van der Waals surface area contributed by atoms with Crippen LogP contribution < -0.4 is 5.32 Å². The maximum Gasteiger partial charge on any atom is 0.270 e. The molecule has 1 unspecified atom stereocenters. The molecule has 0 aliphatic heterocycles. The van der Waals surface area contributed by atoms with Crippen molar-refractivity contribution >= 4 is 45.6 Å².